The van der Waals surface area contributed by atoms with E-state index in [0.717, 1.165) is 0 Å². The van der Waals surface area contributed by atoms with Gasteiger partial charge in [-0.2, -0.15) is 0 Å². The lowest BCUT2D eigenvalue weighted by atomic mass is 10.1. The smallest absolute Gasteiger partial charge is 0.321 e. The van der Waals surface area contributed by atoms with Crippen molar-refractivity contribution < 1.29 is 19.1 Å². The Kier molecular flexibility index (Phi) is 3.22. The molecule has 0 saturated carbocycles. The zero-order valence-corrected chi connectivity index (χ0v) is 11.6. The number of anilines is 1. The number of rotatable bonds is 2. The van der Waals surface area contributed by atoms with Crippen LogP contribution in [0.2, 0.25) is 0 Å². The first kappa shape index (κ1) is 13.7. The Morgan fingerprint density at radius 3 is 2.52 bits per heavy atom. The molecule has 0 fully saturated rings. The Balaban J connectivity index is 1.99. The number of aromatic nitrogens is 1. The minimum Gasteiger partial charge on any atom is -0.321 e. The second kappa shape index (κ2) is 4.93. The van der Waals surface area contributed by atoms with Crippen LogP contribution in [0.15, 0.2) is 42.6 Å². The summed E-state index contributed by atoms with van der Waals surface area (Å²) in [5, 5.41) is 2.61. The summed E-state index contributed by atoms with van der Waals surface area (Å²) in [5.41, 5.74) is 1.86. The van der Waals surface area contributed by atoms with Gasteiger partial charge in [-0.1, -0.05) is 12.1 Å². The number of benzene rings is 1. The van der Waals surface area contributed by atoms with Crippen LogP contribution in [-0.2, 0) is 9.36 Å². The lowest BCUT2D eigenvalue weighted by Crippen LogP contribution is -2.05. The molecule has 1 aliphatic heterocycles. The second-order valence-electron chi connectivity index (χ2n) is 4.55. The molecule has 106 valence electrons. The zero-order valence-electron chi connectivity index (χ0n) is 10.7. The Bertz CT molecular complexity index is 793. The summed E-state index contributed by atoms with van der Waals surface area (Å²) in [7, 11) is -4.25. The lowest BCUT2D eigenvalue weighted by Gasteiger charge is -2.04. The quantitative estimate of drug-likeness (QED) is 0.575. The predicted molar refractivity (Wildman–Crippen MR) is 78.9 cm³/mol. The van der Waals surface area contributed by atoms with E-state index in [0.29, 0.717) is 22.5 Å². The molecule has 1 amide bonds. The molecule has 0 unspecified atom stereocenters. The van der Waals surface area contributed by atoms with Gasteiger partial charge < -0.3 is 15.1 Å². The second-order valence-corrected chi connectivity index (χ2v) is 6.15. The minimum absolute atomic E-state index is 0.0532. The summed E-state index contributed by atoms with van der Waals surface area (Å²) in [6, 6.07) is 9.35. The summed E-state index contributed by atoms with van der Waals surface area (Å²) in [5.74, 6) is 0.267. The van der Waals surface area contributed by atoms with Crippen molar-refractivity contribution >= 4 is 36.3 Å². The largest absolute Gasteiger partial charge is 0.356 e. The molecule has 2 heterocycles. The summed E-state index contributed by atoms with van der Waals surface area (Å²) >= 11 is 0. The van der Waals surface area contributed by atoms with Gasteiger partial charge >= 0.3 is 7.60 Å². The van der Waals surface area contributed by atoms with E-state index in [4.69, 9.17) is 9.79 Å². The molecule has 0 aliphatic carbocycles. The number of hydrogen-bond donors (Lipinski definition) is 3. The van der Waals surface area contributed by atoms with Gasteiger partial charge in [0, 0.05) is 11.8 Å². The number of hydrogen-bond acceptors (Lipinski definition) is 3. The maximum absolute atomic E-state index is 11.9. The Labute approximate surface area is 120 Å². The van der Waals surface area contributed by atoms with Crippen LogP contribution in [0.5, 0.6) is 0 Å². The molecule has 1 aromatic heterocycles. The van der Waals surface area contributed by atoms with E-state index in [2.05, 4.69) is 10.3 Å². The van der Waals surface area contributed by atoms with Crippen molar-refractivity contribution in [2.75, 3.05) is 5.32 Å². The molecule has 2 aromatic rings. The average molecular weight is 302 g/mol. The fraction of sp³-hybridized carbons (Fsp3) is 0. The normalized spacial score (nSPS) is 15.9. The Morgan fingerprint density at radius 2 is 1.86 bits per heavy atom. The first-order valence-corrected chi connectivity index (χ1v) is 7.71. The van der Waals surface area contributed by atoms with Crippen LogP contribution in [-0.4, -0.2) is 20.7 Å². The van der Waals surface area contributed by atoms with Crippen molar-refractivity contribution in [3.05, 3.63) is 53.7 Å². The van der Waals surface area contributed by atoms with Crippen LogP contribution in [0.4, 0.5) is 5.82 Å². The third-order valence-electron chi connectivity index (χ3n) is 3.11. The van der Waals surface area contributed by atoms with E-state index in [9.17, 15) is 9.36 Å². The van der Waals surface area contributed by atoms with Gasteiger partial charge in [0.05, 0.1) is 10.9 Å². The third kappa shape index (κ3) is 2.64. The number of carbonyl (C=O) groups excluding carboxylic acids is 1. The summed E-state index contributed by atoms with van der Waals surface area (Å²) in [4.78, 5) is 34.1. The Morgan fingerprint density at radius 1 is 1.14 bits per heavy atom. The molecular weight excluding hydrogens is 291 g/mol. The number of amides is 1. The maximum atomic E-state index is 11.9. The van der Waals surface area contributed by atoms with Crippen LogP contribution in [0.1, 0.15) is 11.1 Å². The number of fused-ring (bicyclic) bond motifs is 1. The molecule has 0 radical (unpaired) electrons. The van der Waals surface area contributed by atoms with Crippen molar-refractivity contribution in [3.8, 4) is 0 Å². The first-order chi connectivity index (χ1) is 9.95. The van der Waals surface area contributed by atoms with Crippen molar-refractivity contribution in [1.29, 1.82) is 0 Å². The van der Waals surface area contributed by atoms with E-state index in [1.807, 2.05) is 0 Å². The topological polar surface area (TPSA) is 99.5 Å². The molecule has 1 aliphatic rings. The molecule has 21 heavy (non-hydrogen) atoms. The van der Waals surface area contributed by atoms with Crippen molar-refractivity contribution in [2.45, 2.75) is 0 Å². The molecule has 0 bridgehead atoms. The van der Waals surface area contributed by atoms with Gasteiger partial charge in [-0.05, 0) is 35.9 Å². The molecule has 3 N–H and O–H groups in total. The van der Waals surface area contributed by atoms with Crippen LogP contribution < -0.4 is 10.6 Å². The SMILES string of the molecule is O=C1Nc2ncccc2C1=Cc1ccc(P(=O)(O)O)cc1. The van der Waals surface area contributed by atoms with E-state index in [1.165, 1.54) is 12.1 Å². The predicted octanol–water partition coefficient (Wildman–Crippen LogP) is 1.38. The van der Waals surface area contributed by atoms with Gasteiger partial charge in [-0.25, -0.2) is 4.98 Å². The molecule has 6 nitrogen and oxygen atoms in total. The number of nitrogens with zero attached hydrogens (tertiary/aromatic N) is 1. The maximum Gasteiger partial charge on any atom is 0.356 e. The van der Waals surface area contributed by atoms with Gasteiger partial charge in [0.2, 0.25) is 0 Å². The molecule has 0 spiro atoms. The average Bonchev–Trinajstić information content (AvgIpc) is 2.75. The summed E-state index contributed by atoms with van der Waals surface area (Å²) in [6.07, 6.45) is 3.25. The standard InChI is InChI=1S/C14H11N2O4P/c17-14-12(11-2-1-7-15-13(11)16-14)8-9-3-5-10(6-4-9)21(18,19)20/h1-8H,(H,15,16,17)(H2,18,19,20). The Hall–Kier alpha value is -2.27. The molecular formula is C14H11N2O4P. The number of nitrogens with one attached hydrogen (secondary N) is 1. The highest BCUT2D eigenvalue weighted by Crippen LogP contribution is 2.34. The highest BCUT2D eigenvalue weighted by atomic mass is 31.2. The van der Waals surface area contributed by atoms with E-state index in [1.54, 1.807) is 36.5 Å². The summed E-state index contributed by atoms with van der Waals surface area (Å²) < 4.78 is 11.1. The van der Waals surface area contributed by atoms with Crippen molar-refractivity contribution in [3.63, 3.8) is 0 Å². The third-order valence-corrected chi connectivity index (χ3v) is 4.09. The van der Waals surface area contributed by atoms with Crippen molar-refractivity contribution in [1.82, 2.24) is 4.98 Å². The molecule has 3 rings (SSSR count). The van der Waals surface area contributed by atoms with Crippen LogP contribution in [0.25, 0.3) is 11.6 Å². The van der Waals surface area contributed by atoms with Gasteiger partial charge in [0.25, 0.3) is 5.91 Å². The fourth-order valence-corrected chi connectivity index (χ4v) is 2.63. The van der Waals surface area contributed by atoms with Gasteiger partial charge in [0.15, 0.2) is 0 Å². The van der Waals surface area contributed by atoms with E-state index < -0.39 is 7.60 Å². The summed E-state index contributed by atoms with van der Waals surface area (Å²) in [6.45, 7) is 0. The first-order valence-electron chi connectivity index (χ1n) is 6.10. The monoisotopic (exact) mass is 302 g/mol. The molecule has 1 aromatic carbocycles. The molecule has 0 saturated heterocycles. The highest BCUT2D eigenvalue weighted by Gasteiger charge is 2.24. The lowest BCUT2D eigenvalue weighted by molar-refractivity contribution is -0.110. The van der Waals surface area contributed by atoms with Crippen molar-refractivity contribution in [2.24, 2.45) is 0 Å². The fourth-order valence-electron chi connectivity index (χ4n) is 2.09. The number of carbonyl (C=O) groups is 1. The minimum atomic E-state index is -4.25. The molecule has 0 atom stereocenters. The number of pyridine rings is 1. The van der Waals surface area contributed by atoms with E-state index >= 15 is 0 Å². The van der Waals surface area contributed by atoms with Crippen LogP contribution in [0, 0.1) is 0 Å². The van der Waals surface area contributed by atoms with Gasteiger partial charge in [-0.3, -0.25) is 9.36 Å². The van der Waals surface area contributed by atoms with Crippen LogP contribution >= 0.6 is 7.60 Å². The zero-order chi connectivity index (χ0) is 15.0. The molecule has 7 heteroatoms. The van der Waals surface area contributed by atoms with Gasteiger partial charge in [0.1, 0.15) is 5.82 Å². The van der Waals surface area contributed by atoms with Crippen LogP contribution in [0.3, 0.4) is 0 Å². The highest BCUT2D eigenvalue weighted by molar-refractivity contribution is 7.60. The van der Waals surface area contributed by atoms with Gasteiger partial charge in [-0.15, -0.1) is 0 Å². The van der Waals surface area contributed by atoms with E-state index in [-0.39, 0.29) is 11.2 Å².